The van der Waals surface area contributed by atoms with Gasteiger partial charge < -0.3 is 10.2 Å². The number of thioether (sulfide) groups is 1. The van der Waals surface area contributed by atoms with E-state index in [4.69, 9.17) is 0 Å². The standard InChI is InChI=1S/C28H26FN3OS/c1-32(2)18-19-10-12-23(26(29)15-19)25-17-22(34-3)11-13-24(25)28(33)31-21-8-6-7-20(16-21)27-9-4-5-14-30-27/h4-17H,18H2,1-3H3,(H,31,33). The first-order valence-corrected chi connectivity index (χ1v) is 12.1. The molecule has 0 spiro atoms. The number of halogens is 1. The van der Waals surface area contributed by atoms with Gasteiger partial charge >= 0.3 is 0 Å². The number of carbonyl (C=O) groups is 1. The van der Waals surface area contributed by atoms with Crippen LogP contribution in [0.4, 0.5) is 10.1 Å². The number of carbonyl (C=O) groups excluding carboxylic acids is 1. The van der Waals surface area contributed by atoms with Gasteiger partial charge in [-0.2, -0.15) is 0 Å². The lowest BCUT2D eigenvalue weighted by Crippen LogP contribution is -2.14. The summed E-state index contributed by atoms with van der Waals surface area (Å²) < 4.78 is 15.2. The number of anilines is 1. The van der Waals surface area contributed by atoms with E-state index < -0.39 is 0 Å². The van der Waals surface area contributed by atoms with Gasteiger partial charge in [-0.05, 0) is 80.0 Å². The molecule has 172 valence electrons. The molecule has 0 unspecified atom stereocenters. The third kappa shape index (κ3) is 5.53. The molecule has 4 nitrogen and oxygen atoms in total. The van der Waals surface area contributed by atoms with E-state index in [2.05, 4.69) is 10.3 Å². The van der Waals surface area contributed by atoms with Crippen molar-refractivity contribution in [2.75, 3.05) is 25.7 Å². The minimum absolute atomic E-state index is 0.294. The average Bonchev–Trinajstić information content (AvgIpc) is 2.84. The van der Waals surface area contributed by atoms with E-state index in [0.717, 1.165) is 21.7 Å². The van der Waals surface area contributed by atoms with Crippen LogP contribution in [-0.2, 0) is 6.54 Å². The Morgan fingerprint density at radius 1 is 0.971 bits per heavy atom. The highest BCUT2D eigenvalue weighted by atomic mass is 32.2. The number of pyridine rings is 1. The Morgan fingerprint density at radius 2 is 1.82 bits per heavy atom. The van der Waals surface area contributed by atoms with E-state index in [1.165, 1.54) is 0 Å². The summed E-state index contributed by atoms with van der Waals surface area (Å²) in [5.74, 6) is -0.638. The Kier molecular flexibility index (Phi) is 7.40. The Hall–Kier alpha value is -3.48. The van der Waals surface area contributed by atoms with Crippen LogP contribution >= 0.6 is 11.8 Å². The minimum atomic E-state index is -0.344. The zero-order valence-corrected chi connectivity index (χ0v) is 20.2. The third-order valence-corrected chi connectivity index (χ3v) is 6.10. The van der Waals surface area contributed by atoms with Crippen molar-refractivity contribution in [2.24, 2.45) is 0 Å². The molecule has 0 aliphatic carbocycles. The zero-order valence-electron chi connectivity index (χ0n) is 19.4. The molecule has 1 heterocycles. The maximum absolute atomic E-state index is 15.2. The molecule has 0 saturated heterocycles. The molecule has 1 aromatic heterocycles. The molecule has 34 heavy (non-hydrogen) atoms. The summed E-state index contributed by atoms with van der Waals surface area (Å²) in [5.41, 5.74) is 4.65. The molecule has 4 rings (SSSR count). The van der Waals surface area contributed by atoms with E-state index in [0.29, 0.717) is 28.9 Å². The molecule has 1 amide bonds. The molecule has 0 aliphatic rings. The Bertz CT molecular complexity index is 1310. The van der Waals surface area contributed by atoms with Crippen molar-refractivity contribution >= 4 is 23.4 Å². The van der Waals surface area contributed by atoms with Gasteiger partial charge in [0.2, 0.25) is 0 Å². The van der Waals surface area contributed by atoms with Crippen molar-refractivity contribution in [1.82, 2.24) is 9.88 Å². The molecule has 0 fully saturated rings. The van der Waals surface area contributed by atoms with Gasteiger partial charge in [0.05, 0.1) is 5.69 Å². The van der Waals surface area contributed by atoms with E-state index in [-0.39, 0.29) is 11.7 Å². The smallest absolute Gasteiger partial charge is 0.256 e. The van der Waals surface area contributed by atoms with Gasteiger partial charge in [-0.3, -0.25) is 9.78 Å². The van der Waals surface area contributed by atoms with Crippen molar-refractivity contribution in [3.8, 4) is 22.4 Å². The minimum Gasteiger partial charge on any atom is -0.322 e. The summed E-state index contributed by atoms with van der Waals surface area (Å²) in [6.07, 6.45) is 3.69. The molecule has 0 atom stereocenters. The van der Waals surface area contributed by atoms with Crippen molar-refractivity contribution in [3.63, 3.8) is 0 Å². The zero-order chi connectivity index (χ0) is 24.1. The molecule has 0 saturated carbocycles. The van der Waals surface area contributed by atoms with Gasteiger partial charge in [-0.1, -0.05) is 30.3 Å². The van der Waals surface area contributed by atoms with Crippen molar-refractivity contribution in [2.45, 2.75) is 11.4 Å². The van der Waals surface area contributed by atoms with Gasteiger partial charge in [-0.25, -0.2) is 4.39 Å². The number of nitrogens with zero attached hydrogens (tertiary/aromatic N) is 2. The first-order valence-electron chi connectivity index (χ1n) is 10.9. The normalized spacial score (nSPS) is 11.0. The van der Waals surface area contributed by atoms with Crippen LogP contribution in [0.15, 0.2) is 90.0 Å². The maximum Gasteiger partial charge on any atom is 0.256 e. The molecule has 0 aliphatic heterocycles. The highest BCUT2D eigenvalue weighted by Crippen LogP contribution is 2.32. The fraction of sp³-hybridized carbons (Fsp3) is 0.143. The second-order valence-electron chi connectivity index (χ2n) is 8.21. The van der Waals surface area contributed by atoms with Crippen LogP contribution < -0.4 is 5.32 Å². The lowest BCUT2D eigenvalue weighted by Gasteiger charge is -2.15. The first-order chi connectivity index (χ1) is 16.4. The summed E-state index contributed by atoms with van der Waals surface area (Å²) in [5, 5.41) is 2.97. The Balaban J connectivity index is 1.67. The number of nitrogens with one attached hydrogen (secondary N) is 1. The topological polar surface area (TPSA) is 45.2 Å². The lowest BCUT2D eigenvalue weighted by molar-refractivity contribution is 0.102. The number of hydrogen-bond acceptors (Lipinski definition) is 4. The second-order valence-corrected chi connectivity index (χ2v) is 9.09. The molecule has 1 N–H and O–H groups in total. The predicted octanol–water partition coefficient (Wildman–Crippen LogP) is 6.59. The number of amides is 1. The van der Waals surface area contributed by atoms with Gasteiger partial charge in [-0.15, -0.1) is 11.8 Å². The van der Waals surface area contributed by atoms with Crippen LogP contribution in [0.25, 0.3) is 22.4 Å². The Labute approximate surface area is 203 Å². The fourth-order valence-electron chi connectivity index (χ4n) is 3.80. The van der Waals surface area contributed by atoms with Crippen LogP contribution in [0.1, 0.15) is 15.9 Å². The van der Waals surface area contributed by atoms with Crippen LogP contribution in [0.5, 0.6) is 0 Å². The number of hydrogen-bond donors (Lipinski definition) is 1. The highest BCUT2D eigenvalue weighted by molar-refractivity contribution is 7.98. The predicted molar refractivity (Wildman–Crippen MR) is 139 cm³/mol. The van der Waals surface area contributed by atoms with Crippen molar-refractivity contribution in [3.05, 3.63) is 102 Å². The van der Waals surface area contributed by atoms with Gasteiger partial charge in [0, 0.05) is 40.0 Å². The summed E-state index contributed by atoms with van der Waals surface area (Å²) in [6.45, 7) is 0.641. The summed E-state index contributed by atoms with van der Waals surface area (Å²) >= 11 is 1.55. The molecule has 4 aromatic rings. The van der Waals surface area contributed by atoms with Gasteiger partial charge in [0.1, 0.15) is 5.82 Å². The molecule has 6 heteroatoms. The van der Waals surface area contributed by atoms with Crippen molar-refractivity contribution in [1.29, 1.82) is 0 Å². The average molecular weight is 472 g/mol. The first kappa shape index (κ1) is 23.7. The van der Waals surface area contributed by atoms with E-state index in [1.54, 1.807) is 36.2 Å². The molecule has 3 aromatic carbocycles. The van der Waals surface area contributed by atoms with Crippen LogP contribution in [0, 0.1) is 5.82 Å². The van der Waals surface area contributed by atoms with E-state index in [1.807, 2.05) is 85.9 Å². The highest BCUT2D eigenvalue weighted by Gasteiger charge is 2.17. The number of rotatable bonds is 7. The number of aromatic nitrogens is 1. The van der Waals surface area contributed by atoms with Gasteiger partial charge in [0.25, 0.3) is 5.91 Å². The molecular formula is C28H26FN3OS. The van der Waals surface area contributed by atoms with Crippen molar-refractivity contribution < 1.29 is 9.18 Å². The third-order valence-electron chi connectivity index (χ3n) is 5.37. The molecule has 0 radical (unpaired) electrons. The lowest BCUT2D eigenvalue weighted by atomic mass is 9.97. The van der Waals surface area contributed by atoms with E-state index in [9.17, 15) is 4.79 Å². The Morgan fingerprint density at radius 3 is 2.53 bits per heavy atom. The molecular weight excluding hydrogens is 445 g/mol. The summed E-state index contributed by atoms with van der Waals surface area (Å²) in [4.78, 5) is 20.6. The van der Waals surface area contributed by atoms with Gasteiger partial charge in [0.15, 0.2) is 0 Å². The van der Waals surface area contributed by atoms with Crippen LogP contribution in [0.2, 0.25) is 0 Å². The second kappa shape index (κ2) is 10.6. The van der Waals surface area contributed by atoms with E-state index >= 15 is 4.39 Å². The summed E-state index contributed by atoms with van der Waals surface area (Å²) in [6, 6.07) is 23.9. The number of benzene rings is 3. The molecule has 0 bridgehead atoms. The van der Waals surface area contributed by atoms with Crippen LogP contribution in [0.3, 0.4) is 0 Å². The monoisotopic (exact) mass is 471 g/mol. The fourth-order valence-corrected chi connectivity index (χ4v) is 4.24. The summed E-state index contributed by atoms with van der Waals surface area (Å²) in [7, 11) is 3.89. The maximum atomic E-state index is 15.2. The van der Waals surface area contributed by atoms with Crippen LogP contribution in [-0.4, -0.2) is 36.1 Å². The quantitative estimate of drug-likeness (QED) is 0.309. The largest absolute Gasteiger partial charge is 0.322 e. The SMILES string of the molecule is CSc1ccc(C(=O)Nc2cccc(-c3ccccn3)c2)c(-c2ccc(CN(C)C)cc2F)c1.